The van der Waals surface area contributed by atoms with Crippen LogP contribution in [0.3, 0.4) is 0 Å². The molecule has 0 aliphatic rings. The van der Waals surface area contributed by atoms with E-state index in [0.29, 0.717) is 17.5 Å². The number of rotatable bonds is 6. The molecule has 0 unspecified atom stereocenters. The quantitative estimate of drug-likeness (QED) is 0.167. The number of para-hydroxylation sites is 3. The van der Waals surface area contributed by atoms with Crippen molar-refractivity contribution >= 4 is 160 Å². The number of thiophene rings is 3. The molecule has 0 aliphatic carbocycles. The normalized spacial score (nSPS) is 12.3. The average Bonchev–Trinajstić information content (AvgIpc) is 2.12. The Kier molecular flexibility index (Phi) is 9.71. The summed E-state index contributed by atoms with van der Waals surface area (Å²) >= 11 is 5.58. The van der Waals surface area contributed by atoms with E-state index < -0.39 is 0 Å². The van der Waals surface area contributed by atoms with E-state index in [2.05, 4.69) is 268 Å². The molecule has 0 bridgehead atoms. The lowest BCUT2D eigenvalue weighted by molar-refractivity contribution is 1.07. The lowest BCUT2D eigenvalue weighted by atomic mass is 10.1. The zero-order valence-corrected chi connectivity index (χ0v) is 47.1. The molecule has 7 aromatic heterocycles. The first-order valence-electron chi connectivity index (χ1n) is 28.2. The maximum Gasteiger partial charge on any atom is 0.164 e. The average molecular weight is 1120 g/mol. The van der Waals surface area contributed by atoms with Gasteiger partial charge < -0.3 is 13.7 Å². The van der Waals surface area contributed by atoms with Crippen LogP contribution in [0.4, 0.5) is 0 Å². The first kappa shape index (κ1) is 46.3. The van der Waals surface area contributed by atoms with Gasteiger partial charge >= 0.3 is 0 Å². The van der Waals surface area contributed by atoms with E-state index in [0.717, 1.165) is 44.8 Å². The standard InChI is InChI=1S/C75H42N6S3/c1-7-22-61-49(16-1)55-40-70-58(52-19-4-10-25-67(52)82-70)37-64(55)79(61)46-32-28-43(29-33-46)73-76-74(44-30-34-47(35-31-44)80-62-23-8-2-17-50(62)56-41-71-59(38-65(56)80)53-20-5-11-26-68(53)83-71)78-75(77-73)45-14-13-15-48(36-45)81-63-24-9-3-18-51(63)57-42-72-60(39-66(57)81)54-21-6-12-27-69(54)84-72/h1-42H. The molecule has 0 N–H and O–H groups in total. The van der Waals surface area contributed by atoms with Gasteiger partial charge in [0.2, 0.25) is 0 Å². The van der Waals surface area contributed by atoms with Crippen LogP contribution < -0.4 is 0 Å². The van der Waals surface area contributed by atoms with Gasteiger partial charge in [0.1, 0.15) is 0 Å². The summed E-state index contributed by atoms with van der Waals surface area (Å²) in [7, 11) is 0. The van der Waals surface area contributed by atoms with Crippen LogP contribution in [0.5, 0.6) is 0 Å². The molecule has 0 spiro atoms. The number of nitrogens with zero attached hydrogens (tertiary/aromatic N) is 6. The summed E-state index contributed by atoms with van der Waals surface area (Å²) in [5, 5.41) is 15.1. The van der Waals surface area contributed by atoms with Crippen molar-refractivity contribution in [1.82, 2.24) is 28.7 Å². The predicted molar refractivity (Wildman–Crippen MR) is 358 cm³/mol. The van der Waals surface area contributed by atoms with Crippen LogP contribution in [-0.2, 0) is 0 Å². The summed E-state index contributed by atoms with van der Waals surface area (Å²) in [6, 6.07) is 93.0. The van der Waals surface area contributed by atoms with E-state index in [1.54, 1.807) is 0 Å². The Balaban J connectivity index is 0.776. The lowest BCUT2D eigenvalue weighted by Gasteiger charge is -2.13. The molecule has 0 saturated heterocycles. The van der Waals surface area contributed by atoms with Crippen LogP contribution in [0, 0.1) is 0 Å². The summed E-state index contributed by atoms with van der Waals surface area (Å²) in [4.78, 5) is 16.2. The van der Waals surface area contributed by atoms with Gasteiger partial charge in [0.15, 0.2) is 17.5 Å². The second-order valence-corrected chi connectivity index (χ2v) is 25.2. The Morgan fingerprint density at radius 2 is 0.536 bits per heavy atom. The fourth-order valence-corrected chi connectivity index (χ4v) is 16.8. The molecular weight excluding hydrogens is 1080 g/mol. The van der Waals surface area contributed by atoms with E-state index in [1.165, 1.54) is 115 Å². The van der Waals surface area contributed by atoms with Crippen molar-refractivity contribution in [3.8, 4) is 51.2 Å². The van der Waals surface area contributed by atoms with E-state index in [1.807, 2.05) is 34.0 Å². The second-order valence-electron chi connectivity index (χ2n) is 21.9. The highest BCUT2D eigenvalue weighted by Gasteiger charge is 2.21. The first-order chi connectivity index (χ1) is 41.6. The SMILES string of the molecule is c1cc(-c2nc(-c3ccc(-n4c5ccccc5c5cc6sc7ccccc7c6cc54)cc3)nc(-c3ccc(-n4c5ccccc5c5cc6sc7ccccc7c6cc54)cc3)n2)cc(-n2c3ccccc3c3cc4sc5ccccc5c4cc32)c1. The Bertz CT molecular complexity index is 5740. The molecule has 19 aromatic rings. The highest BCUT2D eigenvalue weighted by Crippen LogP contribution is 2.45. The van der Waals surface area contributed by atoms with E-state index >= 15 is 0 Å². The van der Waals surface area contributed by atoms with Gasteiger partial charge in [-0.05, 0) is 133 Å². The molecular formula is C75H42N6S3. The largest absolute Gasteiger partial charge is 0.309 e. The first-order valence-corrected chi connectivity index (χ1v) is 30.7. The van der Waals surface area contributed by atoms with Gasteiger partial charge in [-0.15, -0.1) is 34.0 Å². The van der Waals surface area contributed by atoms with E-state index in [-0.39, 0.29) is 0 Å². The van der Waals surface area contributed by atoms with E-state index in [9.17, 15) is 0 Å². The van der Waals surface area contributed by atoms with Crippen molar-refractivity contribution in [2.75, 3.05) is 0 Å². The van der Waals surface area contributed by atoms with Gasteiger partial charge in [-0.2, -0.15) is 0 Å². The number of benzene rings is 12. The zero-order chi connectivity index (χ0) is 54.7. The third-order valence-corrected chi connectivity index (χ3v) is 20.7. The van der Waals surface area contributed by atoms with Gasteiger partial charge in [-0.3, -0.25) is 0 Å². The van der Waals surface area contributed by atoms with Gasteiger partial charge in [-0.1, -0.05) is 121 Å². The molecule has 0 amide bonds. The Labute approximate surface area is 491 Å². The van der Waals surface area contributed by atoms with Crippen LogP contribution >= 0.6 is 34.0 Å². The highest BCUT2D eigenvalue weighted by molar-refractivity contribution is 7.26. The van der Waals surface area contributed by atoms with Crippen LogP contribution in [-0.4, -0.2) is 28.7 Å². The predicted octanol–water partition coefficient (Wildman–Crippen LogP) is 21.3. The fourth-order valence-electron chi connectivity index (χ4n) is 13.5. The maximum absolute atomic E-state index is 5.39. The fraction of sp³-hybridized carbons (Fsp3) is 0. The van der Waals surface area contributed by atoms with Gasteiger partial charge in [-0.25, -0.2) is 15.0 Å². The van der Waals surface area contributed by atoms with Crippen LogP contribution in [0.2, 0.25) is 0 Å². The van der Waals surface area contributed by atoms with Crippen molar-refractivity contribution in [1.29, 1.82) is 0 Å². The summed E-state index contributed by atoms with van der Waals surface area (Å²) in [5.41, 5.74) is 12.9. The van der Waals surface area contributed by atoms with Gasteiger partial charge in [0.05, 0.1) is 33.1 Å². The molecule has 0 saturated carbocycles. The van der Waals surface area contributed by atoms with Crippen molar-refractivity contribution in [2.24, 2.45) is 0 Å². The molecule has 12 aromatic carbocycles. The number of fused-ring (bicyclic) bond motifs is 18. The summed E-state index contributed by atoms with van der Waals surface area (Å²) in [5.74, 6) is 1.80. The molecule has 0 radical (unpaired) electrons. The Hall–Kier alpha value is -10.3. The Morgan fingerprint density at radius 1 is 0.202 bits per heavy atom. The molecule has 9 heteroatoms. The summed E-state index contributed by atoms with van der Waals surface area (Å²) in [6.07, 6.45) is 0. The topological polar surface area (TPSA) is 53.5 Å². The third-order valence-electron chi connectivity index (χ3n) is 17.3. The molecule has 390 valence electrons. The van der Waals surface area contributed by atoms with Crippen molar-refractivity contribution in [3.05, 3.63) is 255 Å². The van der Waals surface area contributed by atoms with Crippen LogP contribution in [0.1, 0.15) is 0 Å². The number of aromatic nitrogens is 6. The van der Waals surface area contributed by atoms with Crippen molar-refractivity contribution in [2.45, 2.75) is 0 Å². The Morgan fingerprint density at radius 3 is 0.929 bits per heavy atom. The molecule has 0 atom stereocenters. The zero-order valence-electron chi connectivity index (χ0n) is 44.7. The van der Waals surface area contributed by atoms with Crippen LogP contribution in [0.15, 0.2) is 255 Å². The molecule has 19 rings (SSSR count). The molecule has 0 fully saturated rings. The van der Waals surface area contributed by atoms with E-state index in [4.69, 9.17) is 15.0 Å². The van der Waals surface area contributed by atoms with Gasteiger partial charge in [0, 0.05) is 127 Å². The summed E-state index contributed by atoms with van der Waals surface area (Å²) < 4.78 is 15.0. The smallest absolute Gasteiger partial charge is 0.164 e. The summed E-state index contributed by atoms with van der Waals surface area (Å²) in [6.45, 7) is 0. The van der Waals surface area contributed by atoms with Gasteiger partial charge in [0.25, 0.3) is 0 Å². The molecule has 84 heavy (non-hydrogen) atoms. The molecule has 0 aliphatic heterocycles. The lowest BCUT2D eigenvalue weighted by Crippen LogP contribution is -2.02. The van der Waals surface area contributed by atoms with Crippen molar-refractivity contribution < 1.29 is 0 Å². The number of hydrogen-bond donors (Lipinski definition) is 0. The minimum Gasteiger partial charge on any atom is -0.309 e. The van der Waals surface area contributed by atoms with Crippen LogP contribution in [0.25, 0.3) is 177 Å². The minimum atomic E-state index is 0.598. The maximum atomic E-state index is 5.39. The minimum absolute atomic E-state index is 0.598. The monoisotopic (exact) mass is 1120 g/mol. The highest BCUT2D eigenvalue weighted by atomic mass is 32.1. The third kappa shape index (κ3) is 6.79. The van der Waals surface area contributed by atoms with Crippen molar-refractivity contribution in [3.63, 3.8) is 0 Å². The molecule has 7 heterocycles. The number of hydrogen-bond acceptors (Lipinski definition) is 6. The molecule has 6 nitrogen and oxygen atoms in total. The second kappa shape index (κ2) is 17.6.